The van der Waals surface area contributed by atoms with Crippen molar-refractivity contribution in [2.24, 2.45) is 0 Å². The van der Waals surface area contributed by atoms with Crippen molar-refractivity contribution >= 4 is 32.5 Å². The van der Waals surface area contributed by atoms with Gasteiger partial charge in [-0.3, -0.25) is 0 Å². The summed E-state index contributed by atoms with van der Waals surface area (Å²) in [5.74, 6) is -0.556. The SMILES string of the molecule is Cc1ccc(NC(=O)NCCS(=O)(=O)c2c(C)n(Cc3ccc(F)cc3)c3ccccc23)cc1. The van der Waals surface area contributed by atoms with Gasteiger partial charge in [-0.2, -0.15) is 0 Å². The van der Waals surface area contributed by atoms with Gasteiger partial charge in [-0.05, 0) is 49.7 Å². The van der Waals surface area contributed by atoms with Crippen molar-refractivity contribution < 1.29 is 17.6 Å². The number of nitrogens with one attached hydrogen (secondary N) is 2. The van der Waals surface area contributed by atoms with Crippen LogP contribution in [0.4, 0.5) is 14.9 Å². The van der Waals surface area contributed by atoms with Gasteiger partial charge < -0.3 is 15.2 Å². The molecule has 2 N–H and O–H groups in total. The minimum atomic E-state index is -3.69. The van der Waals surface area contributed by atoms with Crippen LogP contribution in [0.15, 0.2) is 77.7 Å². The molecule has 0 aliphatic heterocycles. The number of halogens is 1. The number of carbonyl (C=O) groups excluding carboxylic acids is 1. The number of benzene rings is 3. The molecule has 6 nitrogen and oxygen atoms in total. The van der Waals surface area contributed by atoms with Crippen LogP contribution in [0, 0.1) is 19.7 Å². The maximum atomic E-state index is 13.3. The smallest absolute Gasteiger partial charge is 0.319 e. The number of hydrogen-bond donors (Lipinski definition) is 2. The van der Waals surface area contributed by atoms with Crippen molar-refractivity contribution in [3.8, 4) is 0 Å². The molecule has 0 unspecified atom stereocenters. The largest absolute Gasteiger partial charge is 0.339 e. The third kappa shape index (κ3) is 5.12. The minimum absolute atomic E-state index is 0.0308. The molecular formula is C26H26FN3O3S. The van der Waals surface area contributed by atoms with Crippen molar-refractivity contribution in [3.05, 3.63) is 95.4 Å². The summed E-state index contributed by atoms with van der Waals surface area (Å²) in [4.78, 5) is 12.4. The highest BCUT2D eigenvalue weighted by atomic mass is 32.2. The van der Waals surface area contributed by atoms with Gasteiger partial charge >= 0.3 is 6.03 Å². The fourth-order valence-electron chi connectivity index (χ4n) is 3.98. The number of aryl methyl sites for hydroxylation is 1. The Labute approximate surface area is 198 Å². The molecule has 8 heteroatoms. The molecule has 0 aliphatic rings. The lowest BCUT2D eigenvalue weighted by Crippen LogP contribution is -2.32. The third-order valence-corrected chi connectivity index (χ3v) is 7.58. The second-order valence-electron chi connectivity index (χ2n) is 8.21. The summed E-state index contributed by atoms with van der Waals surface area (Å²) in [7, 11) is -3.69. The molecule has 0 radical (unpaired) electrons. The molecule has 0 aliphatic carbocycles. The van der Waals surface area contributed by atoms with Gasteiger partial charge in [0.15, 0.2) is 9.84 Å². The summed E-state index contributed by atoms with van der Waals surface area (Å²) < 4.78 is 41.9. The van der Waals surface area contributed by atoms with Crippen molar-refractivity contribution in [1.82, 2.24) is 9.88 Å². The standard InChI is InChI=1S/C26H26FN3O3S/c1-18-7-13-22(14-8-18)29-26(31)28-15-16-34(32,33)25-19(2)30(24-6-4-3-5-23(24)25)17-20-9-11-21(27)12-10-20/h3-14H,15-17H2,1-2H3,(H2,28,29,31). The topological polar surface area (TPSA) is 80.2 Å². The molecule has 0 bridgehead atoms. The second kappa shape index (κ2) is 9.69. The summed E-state index contributed by atoms with van der Waals surface area (Å²) >= 11 is 0. The molecular weight excluding hydrogens is 453 g/mol. The van der Waals surface area contributed by atoms with Gasteiger partial charge in [-0.1, -0.05) is 48.0 Å². The van der Waals surface area contributed by atoms with Crippen LogP contribution in [0.2, 0.25) is 0 Å². The Hall–Kier alpha value is -3.65. The average molecular weight is 480 g/mol. The van der Waals surface area contributed by atoms with E-state index in [0.717, 1.165) is 16.6 Å². The lowest BCUT2D eigenvalue weighted by atomic mass is 10.2. The zero-order valence-electron chi connectivity index (χ0n) is 19.0. The van der Waals surface area contributed by atoms with E-state index in [1.165, 1.54) is 12.1 Å². The van der Waals surface area contributed by atoms with E-state index >= 15 is 0 Å². The van der Waals surface area contributed by atoms with Crippen LogP contribution in [0.25, 0.3) is 10.9 Å². The Morgan fingerprint density at radius 1 is 0.941 bits per heavy atom. The molecule has 3 aromatic carbocycles. The fraction of sp³-hybridized carbons (Fsp3) is 0.192. The quantitative estimate of drug-likeness (QED) is 0.390. The monoisotopic (exact) mass is 479 g/mol. The van der Waals surface area contributed by atoms with E-state index in [2.05, 4.69) is 10.6 Å². The van der Waals surface area contributed by atoms with Crippen LogP contribution in [0.1, 0.15) is 16.8 Å². The minimum Gasteiger partial charge on any atom is -0.339 e. The molecule has 4 aromatic rings. The zero-order chi connectivity index (χ0) is 24.3. The lowest BCUT2D eigenvalue weighted by molar-refractivity contribution is 0.252. The highest BCUT2D eigenvalue weighted by Gasteiger charge is 2.25. The molecule has 2 amide bonds. The van der Waals surface area contributed by atoms with Crippen LogP contribution in [0.5, 0.6) is 0 Å². The number of nitrogens with zero attached hydrogens (tertiary/aromatic N) is 1. The van der Waals surface area contributed by atoms with E-state index < -0.39 is 15.9 Å². The molecule has 1 aromatic heterocycles. The summed E-state index contributed by atoms with van der Waals surface area (Å²) in [5, 5.41) is 5.95. The molecule has 0 spiro atoms. The predicted molar refractivity (Wildman–Crippen MR) is 132 cm³/mol. The van der Waals surface area contributed by atoms with Gasteiger partial charge in [0.25, 0.3) is 0 Å². The Kier molecular flexibility index (Phi) is 6.70. The van der Waals surface area contributed by atoms with Crippen LogP contribution >= 0.6 is 0 Å². The number of fused-ring (bicyclic) bond motifs is 1. The number of carbonyl (C=O) groups is 1. The highest BCUT2D eigenvalue weighted by molar-refractivity contribution is 7.91. The van der Waals surface area contributed by atoms with Gasteiger partial charge in [0, 0.05) is 35.4 Å². The first kappa shape index (κ1) is 23.5. The van der Waals surface area contributed by atoms with E-state index in [1.54, 1.807) is 43.3 Å². The van der Waals surface area contributed by atoms with Crippen LogP contribution in [-0.2, 0) is 16.4 Å². The number of sulfone groups is 1. The molecule has 0 atom stereocenters. The first-order chi connectivity index (χ1) is 16.2. The van der Waals surface area contributed by atoms with E-state index in [1.807, 2.05) is 35.8 Å². The second-order valence-corrected chi connectivity index (χ2v) is 10.3. The normalized spacial score (nSPS) is 11.5. The number of rotatable bonds is 7. The first-order valence-corrected chi connectivity index (χ1v) is 12.6. The molecule has 0 saturated carbocycles. The van der Waals surface area contributed by atoms with Gasteiger partial charge in [0.1, 0.15) is 5.82 Å². The number of anilines is 1. The Morgan fingerprint density at radius 2 is 1.62 bits per heavy atom. The van der Waals surface area contributed by atoms with Crippen molar-refractivity contribution in [1.29, 1.82) is 0 Å². The summed E-state index contributed by atoms with van der Waals surface area (Å²) in [5.41, 5.74) is 3.96. The van der Waals surface area contributed by atoms with Crippen LogP contribution in [-0.4, -0.2) is 31.3 Å². The Morgan fingerprint density at radius 3 is 2.32 bits per heavy atom. The fourth-order valence-corrected chi connectivity index (χ4v) is 5.62. The molecule has 34 heavy (non-hydrogen) atoms. The molecule has 0 saturated heterocycles. The third-order valence-electron chi connectivity index (χ3n) is 5.70. The molecule has 176 valence electrons. The lowest BCUT2D eigenvalue weighted by Gasteiger charge is -2.10. The number of urea groups is 1. The van der Waals surface area contributed by atoms with Crippen molar-refractivity contribution in [3.63, 3.8) is 0 Å². The summed E-state index contributed by atoms with van der Waals surface area (Å²) in [6, 6.07) is 20.3. The maximum Gasteiger partial charge on any atom is 0.319 e. The number of amides is 2. The maximum absolute atomic E-state index is 13.3. The summed E-state index contributed by atoms with van der Waals surface area (Å²) in [6.07, 6.45) is 0. The van der Waals surface area contributed by atoms with E-state index in [-0.39, 0.29) is 23.0 Å². The van der Waals surface area contributed by atoms with Gasteiger partial charge in [-0.25, -0.2) is 17.6 Å². The first-order valence-electron chi connectivity index (χ1n) is 10.9. The van der Waals surface area contributed by atoms with Gasteiger partial charge in [-0.15, -0.1) is 0 Å². The Bertz CT molecular complexity index is 1430. The van der Waals surface area contributed by atoms with E-state index in [0.29, 0.717) is 23.3 Å². The molecule has 1 heterocycles. The Balaban J connectivity index is 1.52. The number of para-hydroxylation sites is 1. The van der Waals surface area contributed by atoms with E-state index in [9.17, 15) is 17.6 Å². The number of aromatic nitrogens is 1. The van der Waals surface area contributed by atoms with Crippen LogP contribution in [0.3, 0.4) is 0 Å². The predicted octanol–water partition coefficient (Wildman–Crippen LogP) is 5.04. The van der Waals surface area contributed by atoms with Crippen LogP contribution < -0.4 is 10.6 Å². The van der Waals surface area contributed by atoms with Gasteiger partial charge in [0.05, 0.1) is 10.6 Å². The molecule has 4 rings (SSSR count). The zero-order valence-corrected chi connectivity index (χ0v) is 19.8. The average Bonchev–Trinajstić information content (AvgIpc) is 3.09. The highest BCUT2D eigenvalue weighted by Crippen LogP contribution is 2.31. The van der Waals surface area contributed by atoms with E-state index in [4.69, 9.17) is 0 Å². The summed E-state index contributed by atoms with van der Waals surface area (Å²) in [6.45, 7) is 4.11. The number of hydrogen-bond acceptors (Lipinski definition) is 3. The molecule has 0 fully saturated rings. The van der Waals surface area contributed by atoms with Gasteiger partial charge in [0.2, 0.25) is 0 Å². The van der Waals surface area contributed by atoms with Crippen molar-refractivity contribution in [2.75, 3.05) is 17.6 Å². The van der Waals surface area contributed by atoms with Crippen molar-refractivity contribution in [2.45, 2.75) is 25.3 Å².